The molecule has 4 nitrogen and oxygen atoms in total. The highest BCUT2D eigenvalue weighted by Gasteiger charge is 2.28. The number of aromatic nitrogens is 1. The monoisotopic (exact) mass is 407 g/mol. The van der Waals surface area contributed by atoms with Gasteiger partial charge < -0.3 is 9.64 Å². The van der Waals surface area contributed by atoms with Gasteiger partial charge >= 0.3 is 0 Å². The van der Waals surface area contributed by atoms with Gasteiger partial charge in [-0.2, -0.15) is 0 Å². The molecule has 1 saturated heterocycles. The summed E-state index contributed by atoms with van der Waals surface area (Å²) in [6, 6.07) is 13.6. The standard InChI is InChI=1S/C26H37N3O/c1-30-26-13-11-22(12-14-26)18-28(19-23-7-5-15-27-17-23)20-24-8-6-16-29(21-24)25-9-3-2-4-10-25/h5,7,11-15,17,24-25H,2-4,6,8-10,16,18-21H2,1H3. The average Bonchev–Trinajstić information content (AvgIpc) is 2.81. The molecule has 30 heavy (non-hydrogen) atoms. The summed E-state index contributed by atoms with van der Waals surface area (Å²) in [5.74, 6) is 1.68. The number of rotatable bonds is 8. The van der Waals surface area contributed by atoms with E-state index >= 15 is 0 Å². The zero-order valence-electron chi connectivity index (χ0n) is 18.5. The van der Waals surface area contributed by atoms with Gasteiger partial charge in [-0.1, -0.05) is 37.5 Å². The van der Waals surface area contributed by atoms with E-state index in [0.29, 0.717) is 0 Å². The van der Waals surface area contributed by atoms with Crippen LogP contribution in [-0.2, 0) is 13.1 Å². The van der Waals surface area contributed by atoms with Crippen molar-refractivity contribution in [3.05, 3.63) is 59.9 Å². The number of likely N-dealkylation sites (tertiary alicyclic amines) is 1. The van der Waals surface area contributed by atoms with E-state index in [1.54, 1.807) is 7.11 Å². The third-order valence-electron chi connectivity index (χ3n) is 6.85. The fourth-order valence-electron chi connectivity index (χ4n) is 5.31. The molecular formula is C26H37N3O. The average molecular weight is 408 g/mol. The molecule has 0 amide bonds. The SMILES string of the molecule is COc1ccc(CN(Cc2cccnc2)CC2CCCN(C3CCCCC3)C2)cc1. The van der Waals surface area contributed by atoms with E-state index in [0.717, 1.165) is 37.3 Å². The lowest BCUT2D eigenvalue weighted by Gasteiger charge is -2.41. The van der Waals surface area contributed by atoms with E-state index in [1.165, 1.54) is 69.2 Å². The molecular weight excluding hydrogens is 370 g/mol. The smallest absolute Gasteiger partial charge is 0.118 e. The van der Waals surface area contributed by atoms with E-state index in [4.69, 9.17) is 4.74 Å². The van der Waals surface area contributed by atoms with Crippen LogP contribution in [0, 0.1) is 5.92 Å². The Bertz CT molecular complexity index is 743. The molecule has 4 rings (SSSR count). The normalized spacial score (nSPS) is 21.1. The van der Waals surface area contributed by atoms with Crippen molar-refractivity contribution >= 4 is 0 Å². The topological polar surface area (TPSA) is 28.6 Å². The minimum atomic E-state index is 0.760. The maximum absolute atomic E-state index is 5.33. The molecule has 2 aromatic rings. The Kier molecular flexibility index (Phi) is 7.76. The van der Waals surface area contributed by atoms with Crippen LogP contribution in [0.2, 0.25) is 0 Å². The molecule has 2 fully saturated rings. The molecule has 1 aliphatic heterocycles. The van der Waals surface area contributed by atoms with Crippen LogP contribution < -0.4 is 4.74 Å². The van der Waals surface area contributed by atoms with Crippen LogP contribution in [0.3, 0.4) is 0 Å². The second-order valence-electron chi connectivity index (χ2n) is 9.17. The number of pyridine rings is 1. The molecule has 2 aliphatic rings. The molecule has 1 unspecified atom stereocenters. The Hall–Kier alpha value is -1.91. The molecule has 2 heterocycles. The Labute approximate surface area is 182 Å². The van der Waals surface area contributed by atoms with Crippen molar-refractivity contribution in [1.29, 1.82) is 0 Å². The Morgan fingerprint density at radius 3 is 2.50 bits per heavy atom. The van der Waals surface area contributed by atoms with Gasteiger partial charge in [-0.15, -0.1) is 0 Å². The summed E-state index contributed by atoms with van der Waals surface area (Å²) in [5, 5.41) is 0. The van der Waals surface area contributed by atoms with Crippen LogP contribution >= 0.6 is 0 Å². The minimum Gasteiger partial charge on any atom is -0.497 e. The van der Waals surface area contributed by atoms with Gasteiger partial charge in [-0.05, 0) is 67.5 Å². The quantitative estimate of drug-likeness (QED) is 0.606. The van der Waals surface area contributed by atoms with Crippen molar-refractivity contribution in [1.82, 2.24) is 14.8 Å². The van der Waals surface area contributed by atoms with Gasteiger partial charge in [0.15, 0.2) is 0 Å². The molecule has 1 saturated carbocycles. The van der Waals surface area contributed by atoms with Gasteiger partial charge in [0.05, 0.1) is 7.11 Å². The molecule has 1 aliphatic carbocycles. The zero-order valence-corrected chi connectivity index (χ0v) is 18.5. The van der Waals surface area contributed by atoms with Gasteiger partial charge in [0, 0.05) is 44.6 Å². The van der Waals surface area contributed by atoms with Crippen LogP contribution in [0.5, 0.6) is 5.75 Å². The molecule has 0 spiro atoms. The molecule has 1 aromatic carbocycles. The Balaban J connectivity index is 1.41. The number of benzene rings is 1. The fraction of sp³-hybridized carbons (Fsp3) is 0.577. The predicted molar refractivity (Wildman–Crippen MR) is 123 cm³/mol. The summed E-state index contributed by atoms with van der Waals surface area (Å²) in [7, 11) is 1.73. The van der Waals surface area contributed by atoms with Crippen LogP contribution in [0.1, 0.15) is 56.1 Å². The minimum absolute atomic E-state index is 0.760. The van der Waals surface area contributed by atoms with Crippen molar-refractivity contribution in [3.63, 3.8) is 0 Å². The highest BCUT2D eigenvalue weighted by atomic mass is 16.5. The van der Waals surface area contributed by atoms with Gasteiger partial charge in [0.2, 0.25) is 0 Å². The second kappa shape index (κ2) is 10.9. The first kappa shape index (κ1) is 21.3. The van der Waals surface area contributed by atoms with Crippen molar-refractivity contribution in [2.24, 2.45) is 5.92 Å². The number of hydrogen-bond donors (Lipinski definition) is 0. The van der Waals surface area contributed by atoms with E-state index in [2.05, 4.69) is 45.1 Å². The van der Waals surface area contributed by atoms with Crippen LogP contribution in [-0.4, -0.2) is 47.6 Å². The highest BCUT2D eigenvalue weighted by Crippen LogP contribution is 2.28. The summed E-state index contributed by atoms with van der Waals surface area (Å²) in [6.07, 6.45) is 13.7. The van der Waals surface area contributed by atoms with Gasteiger partial charge in [0.25, 0.3) is 0 Å². The van der Waals surface area contributed by atoms with E-state index in [-0.39, 0.29) is 0 Å². The first-order chi connectivity index (χ1) is 14.8. The largest absolute Gasteiger partial charge is 0.497 e. The molecule has 0 bridgehead atoms. The lowest BCUT2D eigenvalue weighted by Crippen LogP contribution is -2.46. The maximum atomic E-state index is 5.33. The van der Waals surface area contributed by atoms with E-state index < -0.39 is 0 Å². The molecule has 0 radical (unpaired) electrons. The number of ether oxygens (including phenoxy) is 1. The summed E-state index contributed by atoms with van der Waals surface area (Å²) < 4.78 is 5.33. The van der Waals surface area contributed by atoms with Crippen molar-refractivity contribution in [2.75, 3.05) is 26.7 Å². The third-order valence-corrected chi connectivity index (χ3v) is 6.85. The van der Waals surface area contributed by atoms with Crippen molar-refractivity contribution in [2.45, 2.75) is 64.1 Å². The van der Waals surface area contributed by atoms with Crippen LogP contribution in [0.4, 0.5) is 0 Å². The van der Waals surface area contributed by atoms with E-state index in [1.807, 2.05) is 18.5 Å². The summed E-state index contributed by atoms with van der Waals surface area (Å²) in [6.45, 7) is 5.67. The Morgan fingerprint density at radius 1 is 0.967 bits per heavy atom. The molecule has 0 N–H and O–H groups in total. The Morgan fingerprint density at radius 2 is 1.77 bits per heavy atom. The van der Waals surface area contributed by atoms with Gasteiger partial charge in [-0.3, -0.25) is 9.88 Å². The first-order valence-corrected chi connectivity index (χ1v) is 11.8. The molecule has 1 atom stereocenters. The summed E-state index contributed by atoms with van der Waals surface area (Å²) in [4.78, 5) is 9.78. The second-order valence-corrected chi connectivity index (χ2v) is 9.17. The lowest BCUT2D eigenvalue weighted by molar-refractivity contribution is 0.0771. The first-order valence-electron chi connectivity index (χ1n) is 11.8. The number of hydrogen-bond acceptors (Lipinski definition) is 4. The number of methoxy groups -OCH3 is 1. The molecule has 4 heteroatoms. The maximum Gasteiger partial charge on any atom is 0.118 e. The van der Waals surface area contributed by atoms with Crippen LogP contribution in [0.15, 0.2) is 48.8 Å². The van der Waals surface area contributed by atoms with Crippen LogP contribution in [0.25, 0.3) is 0 Å². The highest BCUT2D eigenvalue weighted by molar-refractivity contribution is 5.27. The van der Waals surface area contributed by atoms with Gasteiger partial charge in [-0.25, -0.2) is 0 Å². The lowest BCUT2D eigenvalue weighted by atomic mass is 9.90. The number of piperidine rings is 1. The third kappa shape index (κ3) is 6.05. The molecule has 1 aromatic heterocycles. The fourth-order valence-corrected chi connectivity index (χ4v) is 5.31. The van der Waals surface area contributed by atoms with E-state index in [9.17, 15) is 0 Å². The molecule has 162 valence electrons. The van der Waals surface area contributed by atoms with Crippen molar-refractivity contribution < 1.29 is 4.74 Å². The van der Waals surface area contributed by atoms with Crippen molar-refractivity contribution in [3.8, 4) is 5.75 Å². The predicted octanol–water partition coefficient (Wildman–Crippen LogP) is 5.14. The summed E-state index contributed by atoms with van der Waals surface area (Å²) >= 11 is 0. The zero-order chi connectivity index (χ0) is 20.6. The number of nitrogens with zero attached hydrogens (tertiary/aromatic N) is 3. The summed E-state index contributed by atoms with van der Waals surface area (Å²) in [5.41, 5.74) is 2.64. The van der Waals surface area contributed by atoms with Gasteiger partial charge in [0.1, 0.15) is 5.75 Å².